The van der Waals surface area contributed by atoms with Crippen molar-refractivity contribution in [3.05, 3.63) is 0 Å². The van der Waals surface area contributed by atoms with E-state index in [2.05, 4.69) is 0 Å². The van der Waals surface area contributed by atoms with Gasteiger partial charge in [-0.2, -0.15) is 0 Å². The minimum atomic E-state index is -0.495. The Kier molecular flexibility index (Phi) is 5.21. The third-order valence-electron chi connectivity index (χ3n) is 3.30. The quantitative estimate of drug-likeness (QED) is 0.855. The van der Waals surface area contributed by atoms with Gasteiger partial charge in [0.2, 0.25) is 0 Å². The predicted octanol–water partition coefficient (Wildman–Crippen LogP) is 2.14. The molecule has 1 amide bonds. The van der Waals surface area contributed by atoms with Crippen molar-refractivity contribution in [1.82, 2.24) is 4.90 Å². The second-order valence-corrected chi connectivity index (χ2v) is 6.71. The van der Waals surface area contributed by atoms with Crippen molar-refractivity contribution in [3.8, 4) is 0 Å². The number of carbonyl (C=O) groups excluding carboxylic acids is 1. The average molecular weight is 272 g/mol. The van der Waals surface area contributed by atoms with Crippen LogP contribution in [0.25, 0.3) is 0 Å². The van der Waals surface area contributed by atoms with E-state index >= 15 is 0 Å². The Morgan fingerprint density at radius 1 is 1.26 bits per heavy atom. The smallest absolute Gasteiger partial charge is 0.411 e. The Hall–Kier alpha value is -0.810. The van der Waals surface area contributed by atoms with Gasteiger partial charge in [0, 0.05) is 25.8 Å². The number of amides is 1. The van der Waals surface area contributed by atoms with Crippen molar-refractivity contribution in [2.24, 2.45) is 5.73 Å². The van der Waals surface area contributed by atoms with Crippen molar-refractivity contribution >= 4 is 6.09 Å². The molecule has 0 saturated carbocycles. The molecule has 2 N–H and O–H groups in total. The molecule has 1 saturated heterocycles. The fraction of sp³-hybridized carbons (Fsp3) is 0.929. The maximum absolute atomic E-state index is 12.5. The highest BCUT2D eigenvalue weighted by Gasteiger charge is 2.38. The predicted molar refractivity (Wildman–Crippen MR) is 75.0 cm³/mol. The van der Waals surface area contributed by atoms with Crippen LogP contribution in [-0.2, 0) is 9.47 Å². The minimum Gasteiger partial charge on any atom is -0.444 e. The lowest BCUT2D eigenvalue weighted by Crippen LogP contribution is -2.58. The van der Waals surface area contributed by atoms with Gasteiger partial charge in [-0.1, -0.05) is 0 Å². The zero-order valence-electron chi connectivity index (χ0n) is 12.9. The van der Waals surface area contributed by atoms with E-state index in [-0.39, 0.29) is 12.1 Å². The van der Waals surface area contributed by atoms with E-state index in [0.29, 0.717) is 19.8 Å². The molecule has 1 aliphatic rings. The van der Waals surface area contributed by atoms with Crippen molar-refractivity contribution < 1.29 is 14.3 Å². The van der Waals surface area contributed by atoms with E-state index in [4.69, 9.17) is 15.2 Å². The molecule has 0 aromatic rings. The summed E-state index contributed by atoms with van der Waals surface area (Å²) in [5.41, 5.74) is 4.93. The summed E-state index contributed by atoms with van der Waals surface area (Å²) >= 11 is 0. The lowest BCUT2D eigenvalue weighted by Gasteiger charge is -2.44. The second kappa shape index (κ2) is 6.09. The van der Waals surface area contributed by atoms with E-state index < -0.39 is 11.1 Å². The van der Waals surface area contributed by atoms with Crippen LogP contribution in [-0.4, -0.2) is 47.9 Å². The summed E-state index contributed by atoms with van der Waals surface area (Å²) in [6.45, 7) is 11.4. The maximum Gasteiger partial charge on any atom is 0.411 e. The van der Waals surface area contributed by atoms with E-state index in [1.165, 1.54) is 0 Å². The summed E-state index contributed by atoms with van der Waals surface area (Å²) in [7, 11) is 0. The first-order chi connectivity index (χ1) is 8.67. The van der Waals surface area contributed by atoms with Crippen molar-refractivity contribution in [1.29, 1.82) is 0 Å². The number of carbonyl (C=O) groups is 1. The fourth-order valence-electron chi connectivity index (χ4n) is 2.24. The summed E-state index contributed by atoms with van der Waals surface area (Å²) in [6.07, 6.45) is 1.39. The molecule has 5 heteroatoms. The second-order valence-electron chi connectivity index (χ2n) is 6.71. The van der Waals surface area contributed by atoms with Gasteiger partial charge in [0.05, 0.1) is 5.54 Å². The number of nitrogens with two attached hydrogens (primary N) is 1. The maximum atomic E-state index is 12.5. The van der Waals surface area contributed by atoms with Crippen LogP contribution in [0.3, 0.4) is 0 Å². The standard InChI is InChI=1S/C14H28N2O3/c1-13(2,3)19-12(17)16(14(4,5)10-15)11-6-8-18-9-7-11/h11H,6-10,15H2,1-5H3. The molecule has 0 aromatic carbocycles. The third-order valence-corrected chi connectivity index (χ3v) is 3.30. The SMILES string of the molecule is CC(C)(C)OC(=O)N(C1CCOCC1)C(C)(C)CN. The zero-order chi connectivity index (χ0) is 14.7. The number of ether oxygens (including phenoxy) is 2. The van der Waals surface area contributed by atoms with Crippen LogP contribution in [0.4, 0.5) is 4.79 Å². The average Bonchev–Trinajstić information content (AvgIpc) is 2.27. The summed E-state index contributed by atoms with van der Waals surface area (Å²) in [5, 5.41) is 0. The Balaban J connectivity index is 2.88. The lowest BCUT2D eigenvalue weighted by molar-refractivity contribution is -0.0332. The summed E-state index contributed by atoms with van der Waals surface area (Å²) in [4.78, 5) is 14.3. The van der Waals surface area contributed by atoms with Crippen LogP contribution < -0.4 is 5.73 Å². The van der Waals surface area contributed by atoms with Crippen molar-refractivity contribution in [2.75, 3.05) is 19.8 Å². The Morgan fingerprint density at radius 3 is 2.21 bits per heavy atom. The van der Waals surface area contributed by atoms with Crippen molar-refractivity contribution in [2.45, 2.75) is 64.6 Å². The van der Waals surface area contributed by atoms with Gasteiger partial charge in [-0.15, -0.1) is 0 Å². The molecule has 0 radical (unpaired) electrons. The molecule has 0 spiro atoms. The molecule has 1 aliphatic heterocycles. The van der Waals surface area contributed by atoms with Crippen LogP contribution >= 0.6 is 0 Å². The van der Waals surface area contributed by atoms with Gasteiger partial charge in [-0.05, 0) is 47.5 Å². The highest BCUT2D eigenvalue weighted by atomic mass is 16.6. The van der Waals surface area contributed by atoms with Gasteiger partial charge in [-0.3, -0.25) is 4.90 Å². The van der Waals surface area contributed by atoms with Crippen LogP contribution in [0.1, 0.15) is 47.5 Å². The molecular formula is C14H28N2O3. The van der Waals surface area contributed by atoms with Gasteiger partial charge in [-0.25, -0.2) is 4.79 Å². The van der Waals surface area contributed by atoms with Gasteiger partial charge in [0.25, 0.3) is 0 Å². The molecule has 112 valence electrons. The van der Waals surface area contributed by atoms with Crippen LogP contribution in [0.2, 0.25) is 0 Å². The van der Waals surface area contributed by atoms with Crippen molar-refractivity contribution in [3.63, 3.8) is 0 Å². The van der Waals surface area contributed by atoms with E-state index in [9.17, 15) is 4.79 Å². The van der Waals surface area contributed by atoms with Gasteiger partial charge >= 0.3 is 6.09 Å². The number of nitrogens with zero attached hydrogens (tertiary/aromatic N) is 1. The van der Waals surface area contributed by atoms with Crippen LogP contribution in [0.15, 0.2) is 0 Å². The molecular weight excluding hydrogens is 244 g/mol. The monoisotopic (exact) mass is 272 g/mol. The first-order valence-electron chi connectivity index (χ1n) is 6.97. The summed E-state index contributed by atoms with van der Waals surface area (Å²) in [5.74, 6) is 0. The molecule has 5 nitrogen and oxygen atoms in total. The molecule has 19 heavy (non-hydrogen) atoms. The summed E-state index contributed by atoms with van der Waals surface area (Å²) in [6, 6.07) is 0.141. The molecule has 0 bridgehead atoms. The number of hydrogen-bond donors (Lipinski definition) is 1. The largest absolute Gasteiger partial charge is 0.444 e. The Morgan fingerprint density at radius 2 is 1.79 bits per heavy atom. The first-order valence-corrected chi connectivity index (χ1v) is 6.97. The number of rotatable bonds is 3. The molecule has 1 rings (SSSR count). The van der Waals surface area contributed by atoms with Gasteiger partial charge in [0.1, 0.15) is 5.60 Å². The minimum absolute atomic E-state index is 0.141. The molecule has 1 heterocycles. The first kappa shape index (κ1) is 16.2. The fourth-order valence-corrected chi connectivity index (χ4v) is 2.24. The third kappa shape index (κ3) is 4.66. The van der Waals surface area contributed by atoms with Crippen LogP contribution in [0, 0.1) is 0 Å². The van der Waals surface area contributed by atoms with Crippen LogP contribution in [0.5, 0.6) is 0 Å². The highest BCUT2D eigenvalue weighted by molar-refractivity contribution is 5.69. The van der Waals surface area contributed by atoms with Gasteiger partial charge in [0.15, 0.2) is 0 Å². The number of hydrogen-bond acceptors (Lipinski definition) is 4. The van der Waals surface area contributed by atoms with E-state index in [0.717, 1.165) is 12.8 Å². The van der Waals surface area contributed by atoms with Gasteiger partial charge < -0.3 is 15.2 Å². The Bertz CT molecular complexity index is 304. The van der Waals surface area contributed by atoms with E-state index in [1.54, 1.807) is 4.90 Å². The zero-order valence-corrected chi connectivity index (χ0v) is 12.9. The molecule has 0 unspecified atom stereocenters. The highest BCUT2D eigenvalue weighted by Crippen LogP contribution is 2.26. The molecule has 1 fully saturated rings. The normalized spacial score (nSPS) is 18.2. The van der Waals surface area contributed by atoms with E-state index in [1.807, 2.05) is 34.6 Å². The lowest BCUT2D eigenvalue weighted by atomic mass is 9.97. The Labute approximate surface area is 116 Å². The topological polar surface area (TPSA) is 64.8 Å². The summed E-state index contributed by atoms with van der Waals surface area (Å²) < 4.78 is 10.9. The molecule has 0 aromatic heterocycles. The molecule has 0 atom stereocenters. The molecule has 0 aliphatic carbocycles.